The first kappa shape index (κ1) is 14.3. The third-order valence-electron chi connectivity index (χ3n) is 3.26. The van der Waals surface area contributed by atoms with Gasteiger partial charge in [0, 0.05) is 12.6 Å². The molecule has 0 aromatic heterocycles. The van der Waals surface area contributed by atoms with Crippen LogP contribution in [0, 0.1) is 0 Å². The third kappa shape index (κ3) is 2.60. The highest BCUT2D eigenvalue weighted by Crippen LogP contribution is 2.24. The summed E-state index contributed by atoms with van der Waals surface area (Å²) in [5.41, 5.74) is 6.20. The summed E-state index contributed by atoms with van der Waals surface area (Å²) in [6, 6.07) is 9.90. The average Bonchev–Trinajstić information content (AvgIpc) is 2.94. The molecule has 2 aliphatic rings. The minimum Gasteiger partial charge on any atom is -0.340 e. The Morgan fingerprint density at radius 1 is 1.20 bits per heavy atom. The molecular weight excluding hydrogens is 250 g/mol. The van der Waals surface area contributed by atoms with Crippen LogP contribution in [0.1, 0.15) is 32.8 Å². The van der Waals surface area contributed by atoms with Crippen molar-refractivity contribution in [2.75, 3.05) is 6.54 Å². The molecular formula is C16H21N3O. The van der Waals surface area contributed by atoms with Crippen molar-refractivity contribution in [3.05, 3.63) is 53.4 Å². The fourth-order valence-corrected chi connectivity index (χ4v) is 2.25. The molecule has 4 heteroatoms. The van der Waals surface area contributed by atoms with Gasteiger partial charge in [0.25, 0.3) is 5.91 Å². The summed E-state index contributed by atoms with van der Waals surface area (Å²) < 4.78 is 0. The van der Waals surface area contributed by atoms with Gasteiger partial charge in [0.15, 0.2) is 0 Å². The molecule has 106 valence electrons. The zero-order valence-electron chi connectivity index (χ0n) is 12.2. The van der Waals surface area contributed by atoms with Crippen LogP contribution >= 0.6 is 0 Å². The first-order valence-electron chi connectivity index (χ1n) is 7.13. The summed E-state index contributed by atoms with van der Waals surface area (Å²) in [4.78, 5) is 12.0. The van der Waals surface area contributed by atoms with E-state index in [0.29, 0.717) is 0 Å². The van der Waals surface area contributed by atoms with Crippen molar-refractivity contribution in [3.63, 3.8) is 0 Å². The molecule has 0 unspecified atom stereocenters. The average molecular weight is 271 g/mol. The second kappa shape index (κ2) is 6.39. The Hall–Kier alpha value is -2.07. The first-order chi connectivity index (χ1) is 9.79. The molecule has 1 aromatic rings. The highest BCUT2D eigenvalue weighted by atomic mass is 16.2. The van der Waals surface area contributed by atoms with Crippen molar-refractivity contribution >= 4 is 11.6 Å². The predicted octanol–water partition coefficient (Wildman–Crippen LogP) is 2.63. The maximum Gasteiger partial charge on any atom is 0.268 e. The number of fused-ring (bicyclic) bond motifs is 1. The van der Waals surface area contributed by atoms with E-state index in [1.807, 2.05) is 44.2 Å². The summed E-state index contributed by atoms with van der Waals surface area (Å²) in [6.07, 6.45) is 2.56. The van der Waals surface area contributed by atoms with E-state index in [0.717, 1.165) is 30.0 Å². The largest absolute Gasteiger partial charge is 0.340 e. The van der Waals surface area contributed by atoms with Crippen LogP contribution in [0.2, 0.25) is 0 Å². The Bertz CT molecular complexity index is 546. The maximum absolute atomic E-state index is 12.0. The van der Waals surface area contributed by atoms with Crippen LogP contribution in [-0.2, 0) is 4.79 Å². The van der Waals surface area contributed by atoms with E-state index in [1.54, 1.807) is 11.1 Å². The molecule has 4 nitrogen and oxygen atoms in total. The fraction of sp³-hybridized carbons (Fsp3) is 0.312. The van der Waals surface area contributed by atoms with Gasteiger partial charge in [0.05, 0.1) is 5.70 Å². The van der Waals surface area contributed by atoms with Crippen LogP contribution < -0.4 is 10.7 Å². The monoisotopic (exact) mass is 271 g/mol. The minimum atomic E-state index is -0.0222. The zero-order valence-corrected chi connectivity index (χ0v) is 12.2. The minimum absolute atomic E-state index is 0.0222. The Morgan fingerprint density at radius 3 is 2.55 bits per heavy atom. The number of carbonyl (C=O) groups excluding carboxylic acids is 1. The van der Waals surface area contributed by atoms with E-state index in [2.05, 4.69) is 17.7 Å². The molecule has 0 saturated carbocycles. The zero-order chi connectivity index (χ0) is 14.5. The van der Waals surface area contributed by atoms with Crippen LogP contribution in [0.15, 0.2) is 47.8 Å². The van der Waals surface area contributed by atoms with Crippen LogP contribution in [0.5, 0.6) is 0 Å². The normalized spacial score (nSPS) is 17.1. The molecule has 0 saturated heterocycles. The molecule has 0 radical (unpaired) electrons. The molecule has 1 amide bonds. The number of carbonyl (C=O) groups is 1. The van der Waals surface area contributed by atoms with E-state index < -0.39 is 0 Å². The lowest BCUT2D eigenvalue weighted by Crippen LogP contribution is -2.43. The molecule has 0 aliphatic carbocycles. The van der Waals surface area contributed by atoms with Gasteiger partial charge >= 0.3 is 0 Å². The number of hydrogen-bond donors (Lipinski definition) is 2. The number of rotatable bonds is 2. The highest BCUT2D eigenvalue weighted by Gasteiger charge is 2.30. The standard InChI is InChI=1S/C14H15N3O.C2H6/c1-2-10-9-15-17-13(18)8-12(16-14(10)17)11-6-4-3-5-7-11;1-2/h3-8,15-16H,2,9H2,1H3;1-2H3. The van der Waals surface area contributed by atoms with Gasteiger partial charge in [-0.3, -0.25) is 4.79 Å². The lowest BCUT2D eigenvalue weighted by molar-refractivity contribution is -0.126. The summed E-state index contributed by atoms with van der Waals surface area (Å²) in [5, 5.41) is 4.93. The number of hydrazine groups is 1. The van der Waals surface area contributed by atoms with Crippen molar-refractivity contribution in [2.24, 2.45) is 0 Å². The van der Waals surface area contributed by atoms with Crippen LogP contribution in [-0.4, -0.2) is 17.5 Å². The molecule has 0 atom stereocenters. The van der Waals surface area contributed by atoms with Gasteiger partial charge in [0.1, 0.15) is 5.82 Å². The van der Waals surface area contributed by atoms with Gasteiger partial charge in [-0.25, -0.2) is 10.4 Å². The summed E-state index contributed by atoms with van der Waals surface area (Å²) in [7, 11) is 0. The quantitative estimate of drug-likeness (QED) is 0.869. The Morgan fingerprint density at radius 2 is 1.90 bits per heavy atom. The van der Waals surface area contributed by atoms with Gasteiger partial charge in [-0.15, -0.1) is 0 Å². The van der Waals surface area contributed by atoms with Crippen molar-refractivity contribution in [2.45, 2.75) is 27.2 Å². The van der Waals surface area contributed by atoms with E-state index in [-0.39, 0.29) is 5.91 Å². The van der Waals surface area contributed by atoms with E-state index >= 15 is 0 Å². The summed E-state index contributed by atoms with van der Waals surface area (Å²) >= 11 is 0. The first-order valence-corrected chi connectivity index (χ1v) is 7.13. The summed E-state index contributed by atoms with van der Waals surface area (Å²) in [5.74, 6) is 0.870. The Balaban J connectivity index is 0.000000704. The molecule has 2 heterocycles. The molecule has 0 bridgehead atoms. The lowest BCUT2D eigenvalue weighted by Gasteiger charge is -2.26. The Kier molecular flexibility index (Phi) is 4.58. The molecule has 0 fully saturated rings. The molecule has 2 aliphatic heterocycles. The number of nitrogens with one attached hydrogen (secondary N) is 2. The maximum atomic E-state index is 12.0. The van der Waals surface area contributed by atoms with E-state index in [1.165, 1.54) is 5.57 Å². The molecule has 1 aromatic carbocycles. The van der Waals surface area contributed by atoms with Crippen LogP contribution in [0.3, 0.4) is 0 Å². The van der Waals surface area contributed by atoms with Gasteiger partial charge in [0.2, 0.25) is 0 Å². The predicted molar refractivity (Wildman–Crippen MR) is 81.1 cm³/mol. The van der Waals surface area contributed by atoms with E-state index in [4.69, 9.17) is 0 Å². The van der Waals surface area contributed by atoms with Crippen molar-refractivity contribution in [3.8, 4) is 0 Å². The molecule has 0 spiro atoms. The second-order valence-electron chi connectivity index (χ2n) is 4.36. The van der Waals surface area contributed by atoms with Gasteiger partial charge in [-0.2, -0.15) is 0 Å². The summed E-state index contributed by atoms with van der Waals surface area (Å²) in [6.45, 7) is 6.83. The van der Waals surface area contributed by atoms with Gasteiger partial charge in [-0.05, 0) is 17.6 Å². The molecule has 3 rings (SSSR count). The topological polar surface area (TPSA) is 44.4 Å². The Labute approximate surface area is 120 Å². The molecule has 20 heavy (non-hydrogen) atoms. The van der Waals surface area contributed by atoms with Crippen LogP contribution in [0.4, 0.5) is 0 Å². The number of nitrogens with zero attached hydrogens (tertiary/aromatic N) is 1. The van der Waals surface area contributed by atoms with Crippen molar-refractivity contribution in [1.29, 1.82) is 0 Å². The molecule has 2 N–H and O–H groups in total. The number of hydrogen-bond acceptors (Lipinski definition) is 3. The highest BCUT2D eigenvalue weighted by molar-refractivity contribution is 5.98. The smallest absolute Gasteiger partial charge is 0.268 e. The fourth-order valence-electron chi connectivity index (χ4n) is 2.25. The number of benzene rings is 1. The third-order valence-corrected chi connectivity index (χ3v) is 3.26. The van der Waals surface area contributed by atoms with E-state index in [9.17, 15) is 4.79 Å². The SMILES string of the molecule is CC.CCC1=C2NC(c3ccccc3)=CC(=O)N2NC1. The van der Waals surface area contributed by atoms with Crippen molar-refractivity contribution in [1.82, 2.24) is 15.8 Å². The van der Waals surface area contributed by atoms with Crippen molar-refractivity contribution < 1.29 is 4.79 Å². The lowest BCUT2D eigenvalue weighted by atomic mass is 10.1. The van der Waals surface area contributed by atoms with Gasteiger partial charge < -0.3 is 5.32 Å². The number of amides is 1. The second-order valence-corrected chi connectivity index (χ2v) is 4.36. The van der Waals surface area contributed by atoms with Crippen LogP contribution in [0.25, 0.3) is 5.70 Å². The van der Waals surface area contributed by atoms with Gasteiger partial charge in [-0.1, -0.05) is 51.1 Å².